The van der Waals surface area contributed by atoms with Gasteiger partial charge >= 0.3 is 0 Å². The molecule has 0 bridgehead atoms. The SMILES string of the molecule is NCC1(c2ccc(Cl)c(Cl)c2)CC=CCC1. The summed E-state index contributed by atoms with van der Waals surface area (Å²) < 4.78 is 0. The summed E-state index contributed by atoms with van der Waals surface area (Å²) >= 11 is 12.0. The van der Waals surface area contributed by atoms with Crippen LogP contribution in [0.1, 0.15) is 24.8 Å². The van der Waals surface area contributed by atoms with Crippen molar-refractivity contribution in [2.24, 2.45) is 5.73 Å². The molecule has 0 aromatic heterocycles. The Morgan fingerprint density at radius 2 is 2.00 bits per heavy atom. The highest BCUT2D eigenvalue weighted by Gasteiger charge is 2.30. The number of benzene rings is 1. The van der Waals surface area contributed by atoms with Gasteiger partial charge in [-0.1, -0.05) is 41.4 Å². The van der Waals surface area contributed by atoms with E-state index in [2.05, 4.69) is 12.2 Å². The molecule has 0 amide bonds. The average Bonchev–Trinajstić information content (AvgIpc) is 2.33. The summed E-state index contributed by atoms with van der Waals surface area (Å²) in [7, 11) is 0. The van der Waals surface area contributed by atoms with E-state index in [4.69, 9.17) is 28.9 Å². The molecule has 0 aliphatic heterocycles. The van der Waals surface area contributed by atoms with Gasteiger partial charge in [0.2, 0.25) is 0 Å². The number of allylic oxidation sites excluding steroid dienone is 2. The maximum atomic E-state index is 6.06. The van der Waals surface area contributed by atoms with Gasteiger partial charge in [-0.05, 0) is 37.0 Å². The Kier molecular flexibility index (Phi) is 3.58. The van der Waals surface area contributed by atoms with E-state index in [0.717, 1.165) is 19.3 Å². The standard InChI is InChI=1S/C13H15Cl2N/c14-11-5-4-10(8-12(11)15)13(9-16)6-2-1-3-7-13/h1-2,4-5,8H,3,6-7,9,16H2. The molecule has 1 aromatic carbocycles. The second-order valence-corrected chi connectivity index (χ2v) is 5.14. The van der Waals surface area contributed by atoms with Crippen LogP contribution in [0.25, 0.3) is 0 Å². The van der Waals surface area contributed by atoms with Crippen molar-refractivity contribution in [1.82, 2.24) is 0 Å². The minimum absolute atomic E-state index is 0.0446. The maximum Gasteiger partial charge on any atom is 0.0595 e. The van der Waals surface area contributed by atoms with E-state index < -0.39 is 0 Å². The summed E-state index contributed by atoms with van der Waals surface area (Å²) in [6.45, 7) is 0.648. The summed E-state index contributed by atoms with van der Waals surface area (Å²) in [5.74, 6) is 0. The van der Waals surface area contributed by atoms with Gasteiger partial charge in [0.05, 0.1) is 10.0 Å². The first-order valence-electron chi connectivity index (χ1n) is 5.48. The van der Waals surface area contributed by atoms with Gasteiger partial charge in [-0.15, -0.1) is 0 Å². The molecule has 0 heterocycles. The first kappa shape index (κ1) is 12.0. The molecule has 1 aliphatic rings. The van der Waals surface area contributed by atoms with Crippen LogP contribution in [0.5, 0.6) is 0 Å². The molecule has 0 radical (unpaired) electrons. The lowest BCUT2D eigenvalue weighted by atomic mass is 9.72. The van der Waals surface area contributed by atoms with Gasteiger partial charge in [-0.2, -0.15) is 0 Å². The normalized spacial score (nSPS) is 24.7. The minimum Gasteiger partial charge on any atom is -0.330 e. The highest BCUT2D eigenvalue weighted by molar-refractivity contribution is 6.42. The monoisotopic (exact) mass is 255 g/mol. The Morgan fingerprint density at radius 3 is 2.56 bits per heavy atom. The molecule has 3 heteroatoms. The molecule has 1 aromatic rings. The fourth-order valence-corrected chi connectivity index (χ4v) is 2.58. The summed E-state index contributed by atoms with van der Waals surface area (Å²) in [4.78, 5) is 0. The fourth-order valence-electron chi connectivity index (χ4n) is 2.28. The van der Waals surface area contributed by atoms with E-state index in [0.29, 0.717) is 16.6 Å². The summed E-state index contributed by atoms with van der Waals surface area (Å²) in [6.07, 6.45) is 7.57. The summed E-state index contributed by atoms with van der Waals surface area (Å²) in [5, 5.41) is 1.21. The fraction of sp³-hybridized carbons (Fsp3) is 0.385. The maximum absolute atomic E-state index is 6.06. The van der Waals surface area contributed by atoms with Gasteiger partial charge in [-0.25, -0.2) is 0 Å². The predicted octanol–water partition coefficient (Wildman–Crippen LogP) is 3.93. The molecule has 0 saturated heterocycles. The average molecular weight is 256 g/mol. The molecule has 0 spiro atoms. The van der Waals surface area contributed by atoms with E-state index in [9.17, 15) is 0 Å². The van der Waals surface area contributed by atoms with E-state index in [1.807, 2.05) is 18.2 Å². The second kappa shape index (κ2) is 4.79. The zero-order valence-electron chi connectivity index (χ0n) is 9.05. The summed E-state index contributed by atoms with van der Waals surface area (Å²) in [6, 6.07) is 5.85. The van der Waals surface area contributed by atoms with Crippen molar-refractivity contribution < 1.29 is 0 Å². The van der Waals surface area contributed by atoms with Crippen LogP contribution in [0, 0.1) is 0 Å². The molecule has 0 fully saturated rings. The third-order valence-electron chi connectivity index (χ3n) is 3.39. The molecule has 1 unspecified atom stereocenters. The van der Waals surface area contributed by atoms with Crippen LogP contribution < -0.4 is 5.73 Å². The van der Waals surface area contributed by atoms with Crippen molar-refractivity contribution in [3.05, 3.63) is 46.0 Å². The Hall–Kier alpha value is -0.500. The van der Waals surface area contributed by atoms with Crippen molar-refractivity contribution in [3.8, 4) is 0 Å². The van der Waals surface area contributed by atoms with Gasteiger partial charge in [-0.3, -0.25) is 0 Å². The van der Waals surface area contributed by atoms with Gasteiger partial charge in [0.1, 0.15) is 0 Å². The molecule has 1 aliphatic carbocycles. The summed E-state index contributed by atoms with van der Waals surface area (Å²) in [5.41, 5.74) is 7.20. The van der Waals surface area contributed by atoms with Crippen molar-refractivity contribution in [3.63, 3.8) is 0 Å². The molecule has 1 nitrogen and oxygen atoms in total. The van der Waals surface area contributed by atoms with Gasteiger partial charge in [0.25, 0.3) is 0 Å². The third-order valence-corrected chi connectivity index (χ3v) is 4.13. The Balaban J connectivity index is 2.40. The lowest BCUT2D eigenvalue weighted by Gasteiger charge is -2.34. The van der Waals surface area contributed by atoms with Crippen LogP contribution in [-0.2, 0) is 5.41 Å². The van der Waals surface area contributed by atoms with Crippen LogP contribution in [0.15, 0.2) is 30.4 Å². The Labute approximate surface area is 106 Å². The van der Waals surface area contributed by atoms with Crippen molar-refractivity contribution in [1.29, 1.82) is 0 Å². The van der Waals surface area contributed by atoms with Crippen LogP contribution in [0.2, 0.25) is 10.0 Å². The smallest absolute Gasteiger partial charge is 0.0595 e. The molecule has 16 heavy (non-hydrogen) atoms. The van der Waals surface area contributed by atoms with Crippen molar-refractivity contribution in [2.75, 3.05) is 6.54 Å². The molecule has 0 saturated carbocycles. The van der Waals surface area contributed by atoms with E-state index in [-0.39, 0.29) is 5.41 Å². The third kappa shape index (κ3) is 2.13. The lowest BCUT2D eigenvalue weighted by molar-refractivity contribution is 0.398. The zero-order valence-corrected chi connectivity index (χ0v) is 10.6. The van der Waals surface area contributed by atoms with Gasteiger partial charge < -0.3 is 5.73 Å². The predicted molar refractivity (Wildman–Crippen MR) is 70.2 cm³/mol. The number of rotatable bonds is 2. The van der Waals surface area contributed by atoms with Crippen molar-refractivity contribution in [2.45, 2.75) is 24.7 Å². The minimum atomic E-state index is 0.0446. The van der Waals surface area contributed by atoms with Gasteiger partial charge in [0.15, 0.2) is 0 Å². The number of nitrogens with two attached hydrogens (primary N) is 1. The van der Waals surface area contributed by atoms with Crippen LogP contribution in [-0.4, -0.2) is 6.54 Å². The lowest BCUT2D eigenvalue weighted by Crippen LogP contribution is -2.35. The quantitative estimate of drug-likeness (QED) is 0.797. The highest BCUT2D eigenvalue weighted by atomic mass is 35.5. The highest BCUT2D eigenvalue weighted by Crippen LogP contribution is 2.38. The largest absolute Gasteiger partial charge is 0.330 e. The topological polar surface area (TPSA) is 26.0 Å². The molecular formula is C13H15Cl2N. The van der Waals surface area contributed by atoms with Gasteiger partial charge in [0, 0.05) is 12.0 Å². The van der Waals surface area contributed by atoms with E-state index in [1.54, 1.807) is 0 Å². The zero-order chi connectivity index (χ0) is 11.6. The number of halogens is 2. The van der Waals surface area contributed by atoms with Crippen LogP contribution in [0.3, 0.4) is 0 Å². The Bertz CT molecular complexity index is 414. The number of hydrogen-bond acceptors (Lipinski definition) is 1. The first-order valence-corrected chi connectivity index (χ1v) is 6.24. The molecule has 2 rings (SSSR count). The van der Waals surface area contributed by atoms with Crippen LogP contribution in [0.4, 0.5) is 0 Å². The van der Waals surface area contributed by atoms with E-state index >= 15 is 0 Å². The van der Waals surface area contributed by atoms with Crippen LogP contribution >= 0.6 is 23.2 Å². The number of hydrogen-bond donors (Lipinski definition) is 1. The second-order valence-electron chi connectivity index (χ2n) is 4.33. The first-order chi connectivity index (χ1) is 7.68. The molecular weight excluding hydrogens is 241 g/mol. The molecule has 86 valence electrons. The van der Waals surface area contributed by atoms with Crippen molar-refractivity contribution >= 4 is 23.2 Å². The Morgan fingerprint density at radius 1 is 1.19 bits per heavy atom. The molecule has 2 N–H and O–H groups in total. The van der Waals surface area contributed by atoms with E-state index in [1.165, 1.54) is 5.56 Å². The molecule has 1 atom stereocenters.